The van der Waals surface area contributed by atoms with Crippen LogP contribution in [0.3, 0.4) is 0 Å². The Morgan fingerprint density at radius 3 is 1.08 bits per heavy atom. The van der Waals surface area contributed by atoms with Crippen molar-refractivity contribution in [2.24, 2.45) is 0 Å². The van der Waals surface area contributed by atoms with E-state index in [9.17, 15) is 27.4 Å². The molecule has 2 heterocycles. The highest BCUT2D eigenvalue weighted by Gasteiger charge is 2.16. The fourth-order valence-corrected chi connectivity index (χ4v) is 4.46. The Bertz CT molecular complexity index is 1900. The van der Waals surface area contributed by atoms with Crippen molar-refractivity contribution in [3.05, 3.63) is 72.1 Å². The lowest BCUT2D eigenvalue weighted by Crippen LogP contribution is -2.30. The van der Waals surface area contributed by atoms with Crippen molar-refractivity contribution in [2.75, 3.05) is 77.9 Å². The molecule has 0 saturated carbocycles. The zero-order valence-electron chi connectivity index (χ0n) is 29.8. The van der Waals surface area contributed by atoms with Crippen LogP contribution in [-0.2, 0) is 20.2 Å². The number of hydrogen-bond acceptors (Lipinski definition) is 14. The van der Waals surface area contributed by atoms with Crippen LogP contribution in [-0.4, -0.2) is 104 Å². The molecule has 0 aliphatic carbocycles. The van der Waals surface area contributed by atoms with Crippen molar-refractivity contribution in [3.63, 3.8) is 0 Å². The van der Waals surface area contributed by atoms with Crippen LogP contribution in [0, 0.1) is 22.7 Å². The van der Waals surface area contributed by atoms with Gasteiger partial charge in [0.1, 0.15) is 46.3 Å². The van der Waals surface area contributed by atoms with Gasteiger partial charge in [0.15, 0.2) is 0 Å². The van der Waals surface area contributed by atoms with Crippen LogP contribution in [0.25, 0.3) is 22.5 Å². The van der Waals surface area contributed by atoms with E-state index < -0.39 is 20.2 Å². The van der Waals surface area contributed by atoms with Crippen molar-refractivity contribution >= 4 is 31.6 Å². The Hall–Kier alpha value is -5.66. The second-order valence-electron chi connectivity index (χ2n) is 10.8. The van der Waals surface area contributed by atoms with Crippen LogP contribution in [0.4, 0.5) is 11.4 Å². The fraction of sp³-hybridized carbons (Fsp3) is 0.294. The third kappa shape index (κ3) is 13.2. The number of ether oxygens (including phenoxy) is 4. The molecular formula is C34H40N6O10S2. The van der Waals surface area contributed by atoms with E-state index in [2.05, 4.69) is 31.9 Å². The highest BCUT2D eigenvalue weighted by molar-refractivity contribution is 7.85. The van der Waals surface area contributed by atoms with Gasteiger partial charge in [0.25, 0.3) is 20.2 Å². The number of methoxy groups -OCH3 is 4. The van der Waals surface area contributed by atoms with Gasteiger partial charge < -0.3 is 28.7 Å². The molecule has 18 heteroatoms. The maximum atomic E-state index is 9.44. The van der Waals surface area contributed by atoms with Crippen LogP contribution in [0.5, 0.6) is 23.0 Å². The van der Waals surface area contributed by atoms with Crippen molar-refractivity contribution in [1.29, 1.82) is 10.5 Å². The molecule has 2 N–H and O–H groups in total. The Balaban J connectivity index is 0.000000825. The molecule has 0 saturated heterocycles. The van der Waals surface area contributed by atoms with Gasteiger partial charge in [-0.15, -0.1) is 0 Å². The summed E-state index contributed by atoms with van der Waals surface area (Å²) in [4.78, 5) is 13.5. The number of aromatic nitrogens is 2. The van der Waals surface area contributed by atoms with Crippen molar-refractivity contribution in [1.82, 2.24) is 9.97 Å². The zero-order valence-corrected chi connectivity index (χ0v) is 31.5. The standard InChI is InChI=1S/C32H32N6O4.2CH4O3S/c1-37(23-7-9-27(35-19-23)21-13-29(39-3)25(17-33)30(14-21)40-4)11-12-38(2)24-8-10-28(36-20-24)22-15-31(41-5)26(18-34)32(16-22)42-6;2*1-5(2,3)4/h7-10,13-16,19-20H,11-12H2,1-6H3;2*1H3,(H,2,3,4). The second-order valence-corrected chi connectivity index (χ2v) is 13.8. The molecule has 0 aliphatic heterocycles. The van der Waals surface area contributed by atoms with Crippen molar-refractivity contribution < 1.29 is 44.9 Å². The quantitative estimate of drug-likeness (QED) is 0.205. The summed E-state index contributed by atoms with van der Waals surface area (Å²) < 4.78 is 73.3. The van der Waals surface area contributed by atoms with Crippen LogP contribution in [0.2, 0.25) is 0 Å². The molecule has 2 aromatic heterocycles. The summed E-state index contributed by atoms with van der Waals surface area (Å²) in [5, 5.41) is 18.9. The highest BCUT2D eigenvalue weighted by Crippen LogP contribution is 2.35. The van der Waals surface area contributed by atoms with Gasteiger partial charge in [0.2, 0.25) is 0 Å². The number of pyridine rings is 2. The average molecular weight is 757 g/mol. The molecule has 0 bridgehead atoms. The largest absolute Gasteiger partial charge is 0.495 e. The summed E-state index contributed by atoms with van der Waals surface area (Å²) >= 11 is 0. The Kier molecular flexibility index (Phi) is 15.6. The first-order valence-electron chi connectivity index (χ1n) is 14.9. The summed E-state index contributed by atoms with van der Waals surface area (Å²) in [6.45, 7) is 1.50. The van der Waals surface area contributed by atoms with E-state index in [0.717, 1.165) is 47.0 Å². The molecule has 0 radical (unpaired) electrons. The highest BCUT2D eigenvalue weighted by atomic mass is 32.2. The maximum absolute atomic E-state index is 9.44. The first-order chi connectivity index (χ1) is 24.4. The topological polar surface area (TPSA) is 225 Å². The summed E-state index contributed by atoms with van der Waals surface area (Å²) in [7, 11) is 2.80. The number of hydrogen-bond donors (Lipinski definition) is 2. The predicted molar refractivity (Wildman–Crippen MR) is 196 cm³/mol. The Labute approximate surface area is 303 Å². The van der Waals surface area contributed by atoms with Gasteiger partial charge >= 0.3 is 0 Å². The van der Waals surface area contributed by atoms with E-state index in [1.807, 2.05) is 50.8 Å². The second kappa shape index (κ2) is 19.1. The van der Waals surface area contributed by atoms with Crippen LogP contribution < -0.4 is 28.7 Å². The number of nitrogens with zero attached hydrogens (tertiary/aromatic N) is 6. The first-order valence-corrected chi connectivity index (χ1v) is 18.6. The third-order valence-corrected chi connectivity index (χ3v) is 6.97. The van der Waals surface area contributed by atoms with E-state index in [1.165, 1.54) is 28.4 Å². The molecule has 52 heavy (non-hydrogen) atoms. The fourth-order valence-electron chi connectivity index (χ4n) is 4.46. The SMILES string of the molecule is COc1cc(-c2ccc(N(C)CCN(C)c3ccc(-c4cc(OC)c(C#N)c(OC)c4)nc3)cn2)cc(OC)c1C#N.CS(=O)(=O)O.CS(=O)(=O)O. The van der Waals surface area contributed by atoms with E-state index in [-0.39, 0.29) is 0 Å². The van der Waals surface area contributed by atoms with Crippen LogP contribution in [0.15, 0.2) is 60.9 Å². The molecule has 16 nitrogen and oxygen atoms in total. The summed E-state index contributed by atoms with van der Waals surface area (Å²) in [5.41, 5.74) is 5.72. The lowest BCUT2D eigenvalue weighted by atomic mass is 10.1. The van der Waals surface area contributed by atoms with Gasteiger partial charge in [-0.3, -0.25) is 19.1 Å². The van der Waals surface area contributed by atoms with Crippen LogP contribution >= 0.6 is 0 Å². The van der Waals surface area contributed by atoms with Gasteiger partial charge in [-0.25, -0.2) is 0 Å². The number of benzene rings is 2. The van der Waals surface area contributed by atoms with E-state index >= 15 is 0 Å². The van der Waals surface area contributed by atoms with Gasteiger partial charge in [0, 0.05) is 38.3 Å². The molecule has 0 atom stereocenters. The molecular weight excluding hydrogens is 717 g/mol. The van der Waals surface area contributed by atoms with E-state index in [0.29, 0.717) is 46.6 Å². The smallest absolute Gasteiger partial charge is 0.261 e. The molecule has 0 amide bonds. The summed E-state index contributed by atoms with van der Waals surface area (Å²) in [6, 6.07) is 19.3. The van der Waals surface area contributed by atoms with Gasteiger partial charge in [-0.05, 0) is 48.5 Å². The van der Waals surface area contributed by atoms with Gasteiger partial charge in [-0.2, -0.15) is 27.4 Å². The molecule has 0 spiro atoms. The average Bonchev–Trinajstić information content (AvgIpc) is 3.11. The monoisotopic (exact) mass is 756 g/mol. The summed E-state index contributed by atoms with van der Waals surface area (Å²) in [6.07, 6.45) is 5.08. The third-order valence-electron chi connectivity index (χ3n) is 6.97. The number of rotatable bonds is 11. The number of nitriles is 2. The predicted octanol–water partition coefficient (Wildman–Crippen LogP) is 4.17. The molecule has 4 rings (SSSR count). The number of likely N-dealkylation sites (N-methyl/N-ethyl adjacent to an activating group) is 2. The molecule has 278 valence electrons. The minimum absolute atomic E-state index is 0.351. The lowest BCUT2D eigenvalue weighted by molar-refractivity contribution is 0.392. The lowest BCUT2D eigenvalue weighted by Gasteiger charge is -2.25. The van der Waals surface area contributed by atoms with Crippen molar-refractivity contribution in [2.45, 2.75) is 0 Å². The Morgan fingerprint density at radius 1 is 0.615 bits per heavy atom. The van der Waals surface area contributed by atoms with Gasteiger partial charge in [-0.1, -0.05) is 0 Å². The molecule has 0 unspecified atom stereocenters. The van der Waals surface area contributed by atoms with Gasteiger partial charge in [0.05, 0.1) is 76.1 Å². The molecule has 4 aromatic rings. The van der Waals surface area contributed by atoms with Crippen molar-refractivity contribution in [3.8, 4) is 57.7 Å². The van der Waals surface area contributed by atoms with E-state index in [1.54, 1.807) is 24.3 Å². The molecule has 0 fully saturated rings. The molecule has 2 aromatic carbocycles. The summed E-state index contributed by atoms with van der Waals surface area (Å²) in [5.74, 6) is 1.77. The maximum Gasteiger partial charge on any atom is 0.261 e. The minimum atomic E-state index is -3.67. The molecule has 0 aliphatic rings. The zero-order chi connectivity index (χ0) is 39.2. The minimum Gasteiger partial charge on any atom is -0.495 e. The van der Waals surface area contributed by atoms with Crippen LogP contribution in [0.1, 0.15) is 11.1 Å². The number of anilines is 2. The normalized spacial score (nSPS) is 10.5. The Morgan fingerprint density at radius 2 is 0.885 bits per heavy atom. The van der Waals surface area contributed by atoms with E-state index in [4.69, 9.17) is 28.1 Å². The first kappa shape index (κ1) is 42.5.